The van der Waals surface area contributed by atoms with E-state index in [9.17, 15) is 4.79 Å². The number of carbonyl (C=O) groups excluding carboxylic acids is 1. The lowest BCUT2D eigenvalue weighted by Gasteiger charge is -2.20. The number of nitrogens with zero attached hydrogens (tertiary/aromatic N) is 1. The third-order valence-electron chi connectivity index (χ3n) is 5.37. The van der Waals surface area contributed by atoms with Crippen LogP contribution in [0.5, 0.6) is 5.75 Å². The van der Waals surface area contributed by atoms with Crippen LogP contribution < -0.4 is 20.7 Å². The van der Waals surface area contributed by atoms with Gasteiger partial charge in [-0.25, -0.2) is 0 Å². The topological polar surface area (TPSA) is 74.8 Å². The van der Waals surface area contributed by atoms with Gasteiger partial charge in [-0.1, -0.05) is 66.7 Å². The zero-order chi connectivity index (χ0) is 23.5. The number of aliphatic imine (C=N–C) groups is 1. The van der Waals surface area contributed by atoms with Gasteiger partial charge in [-0.3, -0.25) is 9.79 Å². The molecule has 6 heteroatoms. The quantitative estimate of drug-likeness (QED) is 0.339. The number of methoxy groups -OCH3 is 1. The third-order valence-corrected chi connectivity index (χ3v) is 5.37. The average molecular weight is 445 g/mol. The molecule has 33 heavy (non-hydrogen) atoms. The van der Waals surface area contributed by atoms with Crippen LogP contribution in [-0.2, 0) is 17.8 Å². The molecule has 0 aliphatic rings. The number of amides is 1. The monoisotopic (exact) mass is 444 g/mol. The first kappa shape index (κ1) is 23.9. The first-order valence-electron chi connectivity index (χ1n) is 11.1. The number of ether oxygens (including phenoxy) is 1. The normalized spacial score (nSPS) is 12.0. The Morgan fingerprint density at radius 2 is 1.64 bits per heavy atom. The lowest BCUT2D eigenvalue weighted by Crippen LogP contribution is -2.39. The lowest BCUT2D eigenvalue weighted by atomic mass is 9.92. The van der Waals surface area contributed by atoms with Gasteiger partial charge >= 0.3 is 0 Å². The van der Waals surface area contributed by atoms with Crippen molar-refractivity contribution >= 4 is 17.6 Å². The molecule has 0 fully saturated rings. The fourth-order valence-electron chi connectivity index (χ4n) is 3.71. The Morgan fingerprint density at radius 3 is 2.27 bits per heavy atom. The molecule has 0 spiro atoms. The van der Waals surface area contributed by atoms with Gasteiger partial charge in [-0.2, -0.15) is 0 Å². The van der Waals surface area contributed by atoms with Crippen molar-refractivity contribution in [2.45, 2.75) is 25.8 Å². The van der Waals surface area contributed by atoms with Crippen LogP contribution in [0.2, 0.25) is 0 Å². The summed E-state index contributed by atoms with van der Waals surface area (Å²) in [4.78, 5) is 15.9. The summed E-state index contributed by atoms with van der Waals surface area (Å²) in [5, 5.41) is 9.64. The molecule has 3 aromatic carbocycles. The Balaban J connectivity index is 1.64. The smallest absolute Gasteiger partial charge is 0.221 e. The minimum absolute atomic E-state index is 0.138. The molecule has 0 aliphatic carbocycles. The highest BCUT2D eigenvalue weighted by Gasteiger charge is 2.13. The summed E-state index contributed by atoms with van der Waals surface area (Å²) in [7, 11) is 3.35. The zero-order valence-electron chi connectivity index (χ0n) is 19.5. The van der Waals surface area contributed by atoms with Gasteiger partial charge in [0.25, 0.3) is 0 Å². The third kappa shape index (κ3) is 7.38. The van der Waals surface area contributed by atoms with Crippen molar-refractivity contribution in [2.24, 2.45) is 4.99 Å². The lowest BCUT2D eigenvalue weighted by molar-refractivity contribution is -0.114. The molecule has 0 saturated carbocycles. The molecule has 3 aromatic rings. The number of nitrogens with one attached hydrogen (secondary N) is 3. The summed E-state index contributed by atoms with van der Waals surface area (Å²) in [5.41, 5.74) is 4.25. The fourth-order valence-corrected chi connectivity index (χ4v) is 3.71. The van der Waals surface area contributed by atoms with Crippen molar-refractivity contribution in [3.05, 3.63) is 95.6 Å². The van der Waals surface area contributed by atoms with Gasteiger partial charge in [-0.15, -0.1) is 0 Å². The first-order valence-corrected chi connectivity index (χ1v) is 11.1. The summed E-state index contributed by atoms with van der Waals surface area (Å²) < 4.78 is 5.33. The van der Waals surface area contributed by atoms with Crippen molar-refractivity contribution < 1.29 is 9.53 Å². The minimum Gasteiger partial charge on any atom is -0.495 e. The van der Waals surface area contributed by atoms with E-state index in [-0.39, 0.29) is 5.91 Å². The van der Waals surface area contributed by atoms with Gasteiger partial charge in [0.1, 0.15) is 5.75 Å². The molecule has 1 amide bonds. The van der Waals surface area contributed by atoms with Crippen LogP contribution in [0.15, 0.2) is 83.9 Å². The van der Waals surface area contributed by atoms with Crippen molar-refractivity contribution in [1.29, 1.82) is 0 Å². The second-order valence-corrected chi connectivity index (χ2v) is 7.82. The van der Waals surface area contributed by atoms with E-state index in [4.69, 9.17) is 4.74 Å². The molecule has 6 nitrogen and oxygen atoms in total. The van der Waals surface area contributed by atoms with Crippen molar-refractivity contribution in [2.75, 3.05) is 26.0 Å². The Labute approximate surface area is 196 Å². The molecule has 3 N–H and O–H groups in total. The van der Waals surface area contributed by atoms with Crippen LogP contribution in [0, 0.1) is 0 Å². The Bertz CT molecular complexity index is 1050. The number of rotatable bonds is 9. The standard InChI is InChI=1S/C27H32N4O2/c1-20(32)31-25-17-22(14-15-26(25)33-3)18-29-27(28-2)30-19-24(23-12-8-5-9-13-23)16-21-10-6-4-7-11-21/h4-15,17,24H,16,18-19H2,1-3H3,(H,31,32)(H2,28,29,30). The van der Waals surface area contributed by atoms with E-state index >= 15 is 0 Å². The molecule has 0 bridgehead atoms. The Morgan fingerprint density at radius 1 is 0.939 bits per heavy atom. The second kappa shape index (κ2) is 12.3. The van der Waals surface area contributed by atoms with Gasteiger partial charge < -0.3 is 20.7 Å². The minimum atomic E-state index is -0.138. The largest absolute Gasteiger partial charge is 0.495 e. The van der Waals surface area contributed by atoms with E-state index in [2.05, 4.69) is 69.5 Å². The maximum Gasteiger partial charge on any atom is 0.221 e. The number of guanidine groups is 1. The van der Waals surface area contributed by atoms with E-state index in [0.717, 1.165) is 24.5 Å². The average Bonchev–Trinajstić information content (AvgIpc) is 2.84. The van der Waals surface area contributed by atoms with Crippen LogP contribution in [0.4, 0.5) is 5.69 Å². The van der Waals surface area contributed by atoms with Crippen molar-refractivity contribution in [3.8, 4) is 5.75 Å². The summed E-state index contributed by atoms with van der Waals surface area (Å²) in [6, 6.07) is 26.8. The molecule has 0 saturated heterocycles. The predicted molar refractivity (Wildman–Crippen MR) is 135 cm³/mol. The van der Waals surface area contributed by atoms with Crippen LogP contribution >= 0.6 is 0 Å². The molecule has 0 heterocycles. The molecular weight excluding hydrogens is 412 g/mol. The number of benzene rings is 3. The Hall–Kier alpha value is -3.80. The Kier molecular flexibility index (Phi) is 8.88. The fraction of sp³-hybridized carbons (Fsp3) is 0.259. The van der Waals surface area contributed by atoms with Gasteiger partial charge in [0.15, 0.2) is 5.96 Å². The molecule has 1 unspecified atom stereocenters. The number of anilines is 1. The number of carbonyl (C=O) groups is 1. The maximum atomic E-state index is 11.5. The van der Waals surface area contributed by atoms with E-state index in [1.54, 1.807) is 14.2 Å². The van der Waals surface area contributed by atoms with Crippen LogP contribution in [-0.4, -0.2) is 32.6 Å². The van der Waals surface area contributed by atoms with Gasteiger partial charge in [0, 0.05) is 33.0 Å². The first-order chi connectivity index (χ1) is 16.1. The maximum absolute atomic E-state index is 11.5. The van der Waals surface area contributed by atoms with Crippen molar-refractivity contribution in [3.63, 3.8) is 0 Å². The SMILES string of the molecule is CN=C(NCc1ccc(OC)c(NC(C)=O)c1)NCC(Cc1ccccc1)c1ccccc1. The molecular formula is C27H32N4O2. The van der Waals surface area contributed by atoms with E-state index < -0.39 is 0 Å². The highest BCUT2D eigenvalue weighted by Crippen LogP contribution is 2.25. The number of hydrogen-bond acceptors (Lipinski definition) is 3. The molecule has 172 valence electrons. The van der Waals surface area contributed by atoms with E-state index in [0.29, 0.717) is 23.9 Å². The molecule has 3 rings (SSSR count). The van der Waals surface area contributed by atoms with Crippen LogP contribution in [0.3, 0.4) is 0 Å². The summed E-state index contributed by atoms with van der Waals surface area (Å²) >= 11 is 0. The molecule has 0 aliphatic heterocycles. The number of hydrogen-bond donors (Lipinski definition) is 3. The highest BCUT2D eigenvalue weighted by molar-refractivity contribution is 5.90. The van der Waals surface area contributed by atoms with Crippen LogP contribution in [0.25, 0.3) is 0 Å². The van der Waals surface area contributed by atoms with E-state index in [1.807, 2.05) is 30.3 Å². The summed E-state index contributed by atoms with van der Waals surface area (Å²) in [6.07, 6.45) is 0.938. The summed E-state index contributed by atoms with van der Waals surface area (Å²) in [5.74, 6) is 1.52. The zero-order valence-corrected chi connectivity index (χ0v) is 19.5. The second-order valence-electron chi connectivity index (χ2n) is 7.82. The van der Waals surface area contributed by atoms with Gasteiger partial charge in [0.2, 0.25) is 5.91 Å². The predicted octanol–water partition coefficient (Wildman–Crippen LogP) is 4.35. The highest BCUT2D eigenvalue weighted by atomic mass is 16.5. The molecule has 0 aromatic heterocycles. The van der Waals surface area contributed by atoms with E-state index in [1.165, 1.54) is 18.1 Å². The van der Waals surface area contributed by atoms with Gasteiger partial charge in [0.05, 0.1) is 12.8 Å². The van der Waals surface area contributed by atoms with Gasteiger partial charge in [-0.05, 0) is 35.2 Å². The summed E-state index contributed by atoms with van der Waals surface area (Å²) in [6.45, 7) is 2.79. The molecule has 1 atom stereocenters. The molecule has 0 radical (unpaired) electrons. The van der Waals surface area contributed by atoms with Crippen molar-refractivity contribution in [1.82, 2.24) is 10.6 Å². The van der Waals surface area contributed by atoms with Crippen LogP contribution in [0.1, 0.15) is 29.5 Å².